The lowest BCUT2D eigenvalue weighted by atomic mass is 10.3. The first-order valence-electron chi connectivity index (χ1n) is 7.33. The van der Waals surface area contributed by atoms with Gasteiger partial charge in [-0.1, -0.05) is 24.3 Å². The van der Waals surface area contributed by atoms with Crippen molar-refractivity contribution in [2.24, 2.45) is 0 Å². The minimum atomic E-state index is -0.293. The van der Waals surface area contributed by atoms with Gasteiger partial charge in [-0.05, 0) is 52.8 Å². The predicted octanol–water partition coefficient (Wildman–Crippen LogP) is 3.65. The van der Waals surface area contributed by atoms with Gasteiger partial charge in [-0.3, -0.25) is 15.4 Å². The molecule has 2 aromatic heterocycles. The van der Waals surface area contributed by atoms with Gasteiger partial charge in [0.05, 0.1) is 10.2 Å². The number of amides is 1. The minimum Gasteiger partial charge on any atom is -0.478 e. The molecule has 124 valence electrons. The lowest BCUT2D eigenvalue weighted by Crippen LogP contribution is -2.19. The molecule has 8 heteroatoms. The van der Waals surface area contributed by atoms with Crippen molar-refractivity contribution in [3.63, 3.8) is 0 Å². The maximum atomic E-state index is 12.2. The predicted molar refractivity (Wildman–Crippen MR) is 98.7 cm³/mol. The second-order valence-electron chi connectivity index (χ2n) is 4.84. The van der Waals surface area contributed by atoms with Gasteiger partial charge in [0.2, 0.25) is 0 Å². The zero-order valence-electron chi connectivity index (χ0n) is 12.9. The molecule has 0 spiro atoms. The van der Waals surface area contributed by atoms with Crippen molar-refractivity contribution in [1.82, 2.24) is 15.3 Å². The number of nitrogens with one attached hydrogen (secondary N) is 2. The third kappa shape index (κ3) is 4.08. The highest BCUT2D eigenvalue weighted by Crippen LogP contribution is 2.29. The highest BCUT2D eigenvalue weighted by molar-refractivity contribution is 9.10. The van der Waals surface area contributed by atoms with Crippen LogP contribution in [0.15, 0.2) is 41.0 Å². The number of carbonyl (C=O) groups excluding carboxylic acids is 1. The number of thiazole rings is 1. The Balaban J connectivity index is 1.74. The topological polar surface area (TPSA) is 76.1 Å². The van der Waals surface area contributed by atoms with E-state index in [4.69, 9.17) is 4.74 Å². The first-order chi connectivity index (χ1) is 11.7. The summed E-state index contributed by atoms with van der Waals surface area (Å²) in [4.78, 5) is 20.8. The van der Waals surface area contributed by atoms with Crippen molar-refractivity contribution < 1.29 is 9.53 Å². The fraction of sp³-hybridized carbons (Fsp3) is 0.188. The van der Waals surface area contributed by atoms with Gasteiger partial charge in [-0.25, -0.2) is 9.97 Å². The third-order valence-electron chi connectivity index (χ3n) is 3.12. The van der Waals surface area contributed by atoms with Crippen molar-refractivity contribution in [2.75, 3.05) is 18.6 Å². The van der Waals surface area contributed by atoms with Crippen LogP contribution in [0.1, 0.15) is 17.4 Å². The van der Waals surface area contributed by atoms with Crippen LogP contribution in [0.3, 0.4) is 0 Å². The van der Waals surface area contributed by atoms with E-state index in [-0.39, 0.29) is 5.91 Å². The van der Waals surface area contributed by atoms with Crippen molar-refractivity contribution in [2.45, 2.75) is 6.92 Å². The Labute approximate surface area is 151 Å². The molecule has 2 N–H and O–H groups in total. The van der Waals surface area contributed by atoms with Crippen molar-refractivity contribution in [3.05, 3.63) is 46.7 Å². The van der Waals surface area contributed by atoms with Crippen LogP contribution < -0.4 is 15.4 Å². The number of nitrogens with zero attached hydrogens (tertiary/aromatic N) is 2. The van der Waals surface area contributed by atoms with Crippen LogP contribution in [0, 0.1) is 0 Å². The van der Waals surface area contributed by atoms with Gasteiger partial charge in [-0.15, -0.1) is 0 Å². The molecule has 0 unspecified atom stereocenters. The third-order valence-corrected chi connectivity index (χ3v) is 4.49. The van der Waals surface area contributed by atoms with Crippen LogP contribution in [-0.2, 0) is 0 Å². The number of ether oxygens (including phenoxy) is 1. The number of hydrogen-bond acceptors (Lipinski definition) is 6. The fourth-order valence-electron chi connectivity index (χ4n) is 1.98. The van der Waals surface area contributed by atoms with Gasteiger partial charge < -0.3 is 4.74 Å². The molecule has 0 radical (unpaired) electrons. The smallest absolute Gasteiger partial charge is 0.276 e. The van der Waals surface area contributed by atoms with Crippen molar-refractivity contribution in [1.29, 1.82) is 0 Å². The van der Waals surface area contributed by atoms with Crippen LogP contribution >= 0.6 is 27.3 Å². The molecule has 0 saturated heterocycles. The van der Waals surface area contributed by atoms with Gasteiger partial charge in [0.1, 0.15) is 22.8 Å². The van der Waals surface area contributed by atoms with Crippen molar-refractivity contribution in [3.8, 4) is 5.75 Å². The second-order valence-corrected chi connectivity index (χ2v) is 6.68. The molecule has 0 atom stereocenters. The van der Waals surface area contributed by atoms with Gasteiger partial charge in [0.25, 0.3) is 5.91 Å². The summed E-state index contributed by atoms with van der Waals surface area (Å²) in [5.41, 5.74) is 1.14. The number of aromatic nitrogens is 2. The Morgan fingerprint density at radius 2 is 2.17 bits per heavy atom. The Kier molecular flexibility index (Phi) is 5.39. The number of anilines is 1. The fourth-order valence-corrected chi connectivity index (χ4v) is 3.21. The molecule has 3 aromatic rings. The maximum Gasteiger partial charge on any atom is 0.276 e. The van der Waals surface area contributed by atoms with Crippen LogP contribution in [0.25, 0.3) is 10.2 Å². The summed E-state index contributed by atoms with van der Waals surface area (Å²) in [6.45, 7) is 3.33. The van der Waals surface area contributed by atoms with E-state index in [0.717, 1.165) is 22.5 Å². The molecule has 6 nitrogen and oxygen atoms in total. The van der Waals surface area contributed by atoms with Crippen LogP contribution in [0.5, 0.6) is 5.75 Å². The summed E-state index contributed by atoms with van der Waals surface area (Å²) < 4.78 is 7.15. The molecular weight excluding hydrogens is 392 g/mol. The van der Waals surface area contributed by atoms with E-state index < -0.39 is 0 Å². The SMILES string of the molecule is CCNCOc1ccc2nc(NC(=O)c3cccc(Br)n3)sc2c1. The first kappa shape index (κ1) is 16.8. The lowest BCUT2D eigenvalue weighted by molar-refractivity contribution is 0.102. The molecule has 0 bridgehead atoms. The van der Waals surface area contributed by atoms with E-state index in [9.17, 15) is 4.79 Å². The standard InChI is InChI=1S/C16H15BrN4O2S/c1-2-18-9-23-10-6-7-11-13(8-10)24-16(20-11)21-15(22)12-4-3-5-14(17)19-12/h3-8,18H,2,9H2,1H3,(H,20,21,22). The van der Waals surface area contributed by atoms with Gasteiger partial charge in [-0.2, -0.15) is 0 Å². The Bertz CT molecular complexity index is 868. The number of fused-ring (bicyclic) bond motifs is 1. The second kappa shape index (κ2) is 7.69. The summed E-state index contributed by atoms with van der Waals surface area (Å²) in [6, 6.07) is 10.8. The average Bonchev–Trinajstić information content (AvgIpc) is 2.96. The molecule has 1 amide bonds. The van der Waals surface area contributed by atoms with Gasteiger partial charge in [0, 0.05) is 0 Å². The monoisotopic (exact) mass is 406 g/mol. The Morgan fingerprint density at radius 3 is 2.96 bits per heavy atom. The van der Waals surface area contributed by atoms with Gasteiger partial charge in [0.15, 0.2) is 5.13 Å². The van der Waals surface area contributed by atoms with E-state index in [1.165, 1.54) is 11.3 Å². The van der Waals surface area contributed by atoms with E-state index in [0.29, 0.717) is 22.2 Å². The van der Waals surface area contributed by atoms with E-state index in [1.807, 2.05) is 25.1 Å². The summed E-state index contributed by atoms with van der Waals surface area (Å²) in [7, 11) is 0. The number of benzene rings is 1. The average molecular weight is 407 g/mol. The van der Waals surface area contributed by atoms with E-state index in [2.05, 4.69) is 36.5 Å². The molecule has 3 rings (SSSR count). The first-order valence-corrected chi connectivity index (χ1v) is 8.94. The van der Waals surface area contributed by atoms with Crippen LogP contribution in [0.4, 0.5) is 5.13 Å². The molecule has 24 heavy (non-hydrogen) atoms. The quantitative estimate of drug-likeness (QED) is 0.371. The summed E-state index contributed by atoms with van der Waals surface area (Å²) in [5.74, 6) is 0.470. The van der Waals surface area contributed by atoms with Crippen molar-refractivity contribution >= 4 is 48.5 Å². The highest BCUT2D eigenvalue weighted by Gasteiger charge is 2.12. The number of rotatable bonds is 6. The molecule has 0 aliphatic carbocycles. The summed E-state index contributed by atoms with van der Waals surface area (Å²) in [6.07, 6.45) is 0. The molecule has 0 saturated carbocycles. The number of hydrogen-bond donors (Lipinski definition) is 2. The highest BCUT2D eigenvalue weighted by atomic mass is 79.9. The molecule has 2 heterocycles. The zero-order valence-corrected chi connectivity index (χ0v) is 15.3. The minimum absolute atomic E-state index is 0.293. The Hall–Kier alpha value is -2.03. The molecule has 1 aromatic carbocycles. The van der Waals surface area contributed by atoms with Crippen LogP contribution in [0.2, 0.25) is 0 Å². The summed E-state index contributed by atoms with van der Waals surface area (Å²) in [5, 5.41) is 6.40. The normalized spacial score (nSPS) is 10.8. The van der Waals surface area contributed by atoms with E-state index >= 15 is 0 Å². The molecule has 0 aliphatic rings. The number of halogens is 1. The van der Waals surface area contributed by atoms with E-state index in [1.54, 1.807) is 18.2 Å². The summed E-state index contributed by atoms with van der Waals surface area (Å²) >= 11 is 4.65. The Morgan fingerprint density at radius 1 is 1.29 bits per heavy atom. The number of pyridine rings is 1. The zero-order chi connectivity index (χ0) is 16.9. The molecule has 0 aliphatic heterocycles. The number of carbonyl (C=O) groups is 1. The van der Waals surface area contributed by atoms with Crippen LogP contribution in [-0.4, -0.2) is 29.2 Å². The molecule has 0 fully saturated rings. The lowest BCUT2D eigenvalue weighted by Gasteiger charge is -2.05. The van der Waals surface area contributed by atoms with Gasteiger partial charge >= 0.3 is 0 Å². The molecular formula is C16H15BrN4O2S. The maximum absolute atomic E-state index is 12.2. The largest absolute Gasteiger partial charge is 0.478 e.